The van der Waals surface area contributed by atoms with Crippen molar-refractivity contribution < 1.29 is 22.7 Å². The highest BCUT2D eigenvalue weighted by atomic mass is 32.2. The number of hydrogen-bond acceptors (Lipinski definition) is 6. The van der Waals surface area contributed by atoms with E-state index in [0.29, 0.717) is 37.4 Å². The lowest BCUT2D eigenvalue weighted by atomic mass is 9.79. The van der Waals surface area contributed by atoms with Crippen molar-refractivity contribution in [3.8, 4) is 17.0 Å². The average Bonchev–Trinajstić information content (AvgIpc) is 3.65. The standard InChI is InChI=1S/C39H52N4O5S/c1-5-21-49(46,47)40-36(44)28-13-15-32-33(23-28)43-25-38(2,37(45)42-20-19-41(3)39(26-42)17-9-10-18-39)24-29-22-30(48-4)14-16-31(29)35(43)34(32)27-11-7-6-8-12-27/h13-16,22-23,27H,5-12,17-21,24-26H2,1-4H3,(H,40,44). The number of carbonyl (C=O) groups excluding carboxylic acids is 2. The van der Waals surface area contributed by atoms with Crippen LogP contribution in [0.25, 0.3) is 22.2 Å². The molecule has 2 aliphatic carbocycles. The van der Waals surface area contributed by atoms with Gasteiger partial charge in [0, 0.05) is 53.7 Å². The average molecular weight is 689 g/mol. The van der Waals surface area contributed by atoms with E-state index in [2.05, 4.69) is 45.2 Å². The van der Waals surface area contributed by atoms with Gasteiger partial charge in [0.2, 0.25) is 15.9 Å². The number of carbonyl (C=O) groups is 2. The fourth-order valence-electron chi connectivity index (χ4n) is 9.53. The maximum absolute atomic E-state index is 15.0. The molecule has 2 aliphatic heterocycles. The molecule has 3 heterocycles. The Hall–Kier alpha value is -3.37. The van der Waals surface area contributed by atoms with E-state index in [4.69, 9.17) is 4.74 Å². The Bertz CT molecular complexity index is 1870. The third-order valence-electron chi connectivity index (χ3n) is 12.1. The maximum Gasteiger partial charge on any atom is 0.264 e. The van der Waals surface area contributed by atoms with Gasteiger partial charge in [-0.25, -0.2) is 13.1 Å². The monoisotopic (exact) mass is 688 g/mol. The number of nitrogens with one attached hydrogen (secondary N) is 1. The largest absolute Gasteiger partial charge is 0.497 e. The molecule has 0 radical (unpaired) electrons. The SMILES string of the molecule is CCCS(=O)(=O)NC(=O)c1ccc2c(C3CCCCC3)c3n(c2c1)CC(C)(C(=O)N1CCN(C)C2(CCCC2)C1)Cc1cc(OC)ccc1-3. The summed E-state index contributed by atoms with van der Waals surface area (Å²) in [6.07, 6.45) is 11.4. The van der Waals surface area contributed by atoms with Crippen LogP contribution in [0.5, 0.6) is 5.75 Å². The zero-order valence-corrected chi connectivity index (χ0v) is 30.5. The predicted molar refractivity (Wildman–Crippen MR) is 194 cm³/mol. The van der Waals surface area contributed by atoms with Crippen LogP contribution in [0.3, 0.4) is 0 Å². The van der Waals surface area contributed by atoms with E-state index >= 15 is 4.79 Å². The number of hydrogen-bond donors (Lipinski definition) is 1. The fourth-order valence-corrected chi connectivity index (χ4v) is 10.6. The van der Waals surface area contributed by atoms with Crippen molar-refractivity contribution in [1.82, 2.24) is 19.1 Å². The lowest BCUT2D eigenvalue weighted by molar-refractivity contribution is -0.147. The van der Waals surface area contributed by atoms with E-state index in [0.717, 1.165) is 72.2 Å². The molecule has 10 heteroatoms. The van der Waals surface area contributed by atoms with Gasteiger partial charge in [-0.1, -0.05) is 45.1 Å². The van der Waals surface area contributed by atoms with Crippen LogP contribution in [0, 0.1) is 5.41 Å². The summed E-state index contributed by atoms with van der Waals surface area (Å²) in [6, 6.07) is 11.9. The van der Waals surface area contributed by atoms with Crippen molar-refractivity contribution >= 4 is 32.7 Å². The maximum atomic E-state index is 15.0. The quantitative estimate of drug-likeness (QED) is 0.305. The Kier molecular flexibility index (Phi) is 9.09. The second-order valence-corrected chi connectivity index (χ2v) is 17.3. The van der Waals surface area contributed by atoms with Crippen LogP contribution in [-0.4, -0.2) is 79.7 Å². The number of piperazine rings is 1. The second-order valence-electron chi connectivity index (χ2n) is 15.5. The third kappa shape index (κ3) is 6.17. The van der Waals surface area contributed by atoms with Crippen molar-refractivity contribution in [3.05, 3.63) is 53.1 Å². The Morgan fingerprint density at radius 3 is 2.45 bits per heavy atom. The van der Waals surface area contributed by atoms with Crippen molar-refractivity contribution in [3.63, 3.8) is 0 Å². The highest BCUT2D eigenvalue weighted by molar-refractivity contribution is 7.90. The first-order chi connectivity index (χ1) is 23.5. The summed E-state index contributed by atoms with van der Waals surface area (Å²) in [7, 11) is 0.162. The first-order valence-corrected chi connectivity index (χ1v) is 20.0. The Labute approximate surface area is 291 Å². The van der Waals surface area contributed by atoms with Crippen molar-refractivity contribution in [2.24, 2.45) is 5.41 Å². The molecule has 0 bridgehead atoms. The third-order valence-corrected chi connectivity index (χ3v) is 13.5. The molecule has 1 spiro atoms. The summed E-state index contributed by atoms with van der Waals surface area (Å²) < 4.78 is 35.5. The number of aromatic nitrogens is 1. The number of methoxy groups -OCH3 is 1. The first-order valence-electron chi connectivity index (χ1n) is 18.4. The van der Waals surface area contributed by atoms with Gasteiger partial charge in [0.25, 0.3) is 5.91 Å². The zero-order valence-electron chi connectivity index (χ0n) is 29.6. The van der Waals surface area contributed by atoms with Gasteiger partial charge in [-0.3, -0.25) is 14.5 Å². The number of rotatable bonds is 7. The van der Waals surface area contributed by atoms with Crippen LogP contribution in [0.1, 0.15) is 105 Å². The van der Waals surface area contributed by atoms with Gasteiger partial charge in [-0.15, -0.1) is 0 Å². The van der Waals surface area contributed by atoms with E-state index < -0.39 is 21.3 Å². The molecule has 1 aromatic heterocycles. The van der Waals surface area contributed by atoms with Gasteiger partial charge >= 0.3 is 0 Å². The fraction of sp³-hybridized carbons (Fsp3) is 0.590. The molecule has 3 fully saturated rings. The Balaban J connectivity index is 1.39. The van der Waals surface area contributed by atoms with Gasteiger partial charge in [0.05, 0.1) is 24.0 Å². The van der Waals surface area contributed by atoms with E-state index in [-0.39, 0.29) is 17.2 Å². The van der Waals surface area contributed by atoms with Crippen LogP contribution in [-0.2, 0) is 27.8 Å². The number of likely N-dealkylation sites (N-methyl/N-ethyl adjacent to an activating group) is 1. The van der Waals surface area contributed by atoms with Gasteiger partial charge in [0.15, 0.2) is 0 Å². The van der Waals surface area contributed by atoms with Crippen LogP contribution in [0.4, 0.5) is 0 Å². The summed E-state index contributed by atoms with van der Waals surface area (Å²) in [6.45, 7) is 6.69. The molecule has 2 aromatic carbocycles. The lowest BCUT2D eigenvalue weighted by Gasteiger charge is -2.49. The highest BCUT2D eigenvalue weighted by Crippen LogP contribution is 2.49. The minimum atomic E-state index is -3.74. The minimum absolute atomic E-state index is 0.0515. The Morgan fingerprint density at radius 1 is 0.980 bits per heavy atom. The normalized spacial score (nSPS) is 22.9. The molecule has 49 heavy (non-hydrogen) atoms. The van der Waals surface area contributed by atoms with Crippen LogP contribution >= 0.6 is 0 Å². The molecular formula is C39H52N4O5S. The first kappa shape index (κ1) is 34.1. The van der Waals surface area contributed by atoms with E-state index in [9.17, 15) is 13.2 Å². The second kappa shape index (κ2) is 13.1. The molecule has 9 nitrogen and oxygen atoms in total. The summed E-state index contributed by atoms with van der Waals surface area (Å²) in [5.41, 5.74) is 5.09. The molecule has 1 atom stereocenters. The number of ether oxygens (including phenoxy) is 1. The van der Waals surface area contributed by atoms with Crippen molar-refractivity contribution in [2.75, 3.05) is 39.5 Å². The smallest absolute Gasteiger partial charge is 0.264 e. The summed E-state index contributed by atoms with van der Waals surface area (Å²) >= 11 is 0. The molecule has 1 unspecified atom stereocenters. The van der Waals surface area contributed by atoms with Crippen LogP contribution in [0.2, 0.25) is 0 Å². The molecule has 1 saturated heterocycles. The predicted octanol–water partition coefficient (Wildman–Crippen LogP) is 6.48. The lowest BCUT2D eigenvalue weighted by Crippen LogP contribution is -2.62. The molecular weight excluding hydrogens is 637 g/mol. The summed E-state index contributed by atoms with van der Waals surface area (Å²) in [4.78, 5) is 33.1. The van der Waals surface area contributed by atoms with E-state index in [1.165, 1.54) is 37.7 Å². The molecule has 2 amide bonds. The number of fused-ring (bicyclic) bond motifs is 5. The van der Waals surface area contributed by atoms with E-state index in [1.807, 2.05) is 18.2 Å². The Morgan fingerprint density at radius 2 is 1.73 bits per heavy atom. The topological polar surface area (TPSA) is 101 Å². The number of benzene rings is 2. The number of nitrogens with zero attached hydrogens (tertiary/aromatic N) is 3. The molecule has 7 rings (SSSR count). The summed E-state index contributed by atoms with van der Waals surface area (Å²) in [5.74, 6) is 0.568. The van der Waals surface area contributed by atoms with E-state index in [1.54, 1.807) is 20.1 Å². The van der Waals surface area contributed by atoms with Crippen LogP contribution in [0.15, 0.2) is 36.4 Å². The molecule has 1 N–H and O–H groups in total. The van der Waals surface area contributed by atoms with Crippen LogP contribution < -0.4 is 9.46 Å². The van der Waals surface area contributed by atoms with Crippen molar-refractivity contribution in [1.29, 1.82) is 0 Å². The van der Waals surface area contributed by atoms with Crippen molar-refractivity contribution in [2.45, 2.75) is 102 Å². The van der Waals surface area contributed by atoms with Gasteiger partial charge in [-0.2, -0.15) is 0 Å². The van der Waals surface area contributed by atoms with Gasteiger partial charge in [0.1, 0.15) is 5.75 Å². The molecule has 3 aromatic rings. The van der Waals surface area contributed by atoms with Gasteiger partial charge < -0.3 is 14.2 Å². The minimum Gasteiger partial charge on any atom is -0.497 e. The number of sulfonamides is 1. The molecule has 4 aliphatic rings. The highest BCUT2D eigenvalue weighted by Gasteiger charge is 2.48. The zero-order chi connectivity index (χ0) is 34.6. The van der Waals surface area contributed by atoms with Gasteiger partial charge in [-0.05, 0) is 99.9 Å². The molecule has 264 valence electrons. The summed E-state index contributed by atoms with van der Waals surface area (Å²) in [5, 5.41) is 1.08. The number of amides is 2. The molecule has 2 saturated carbocycles.